The molecule has 1 aromatic heterocycles. The Morgan fingerprint density at radius 2 is 1.91 bits per heavy atom. The van der Waals surface area contributed by atoms with E-state index in [1.807, 2.05) is 0 Å². The number of carbonyl (C=O) groups excluding carboxylic acids is 1. The number of methoxy groups -OCH3 is 1. The zero-order valence-corrected chi connectivity index (χ0v) is 21.4. The number of thiazole rings is 1. The third-order valence-electron chi connectivity index (χ3n) is 4.80. The number of carbonyl (C=O) groups is 1. The van der Waals surface area contributed by atoms with E-state index in [9.17, 15) is 17.6 Å². The summed E-state index contributed by atoms with van der Waals surface area (Å²) in [6.07, 6.45) is -1.45. The first-order valence-electron chi connectivity index (χ1n) is 10.2. The van der Waals surface area contributed by atoms with Crippen molar-refractivity contribution in [2.45, 2.75) is 37.9 Å². The molecule has 0 N–H and O–H groups in total. The van der Waals surface area contributed by atoms with Gasteiger partial charge in [-0.25, -0.2) is 14.2 Å². The highest BCUT2D eigenvalue weighted by Crippen LogP contribution is 2.38. The predicted octanol–water partition coefficient (Wildman–Crippen LogP) is 5.33. The van der Waals surface area contributed by atoms with E-state index in [0.717, 1.165) is 21.2 Å². The molecule has 0 saturated carbocycles. The fourth-order valence-corrected chi connectivity index (χ4v) is 5.90. The minimum Gasteiger partial charge on any atom is -0.487 e. The second-order valence-electron chi connectivity index (χ2n) is 7.62. The molecular formula is C23H24ClFN2O5S2. The molecule has 7 nitrogen and oxygen atoms in total. The summed E-state index contributed by atoms with van der Waals surface area (Å²) in [6, 6.07) is 9.64. The van der Waals surface area contributed by atoms with Crippen LogP contribution >= 0.6 is 22.9 Å². The molecule has 0 radical (unpaired) electrons. The molecule has 1 heterocycles. The molecule has 34 heavy (non-hydrogen) atoms. The molecule has 11 heteroatoms. The monoisotopic (exact) mass is 526 g/mol. The summed E-state index contributed by atoms with van der Waals surface area (Å²) in [5.74, 6) is -0.288. The molecule has 0 fully saturated rings. The van der Waals surface area contributed by atoms with Crippen LogP contribution in [0.25, 0.3) is 0 Å². The van der Waals surface area contributed by atoms with Crippen LogP contribution in [0.2, 0.25) is 5.02 Å². The van der Waals surface area contributed by atoms with Crippen LogP contribution in [0.4, 0.5) is 10.1 Å². The molecule has 3 rings (SSSR count). The van der Waals surface area contributed by atoms with Gasteiger partial charge >= 0.3 is 5.97 Å². The summed E-state index contributed by atoms with van der Waals surface area (Å²) >= 11 is 7.27. The fourth-order valence-electron chi connectivity index (χ4n) is 3.07. The van der Waals surface area contributed by atoms with Crippen LogP contribution in [-0.2, 0) is 21.4 Å². The molecule has 1 atom stereocenters. The van der Waals surface area contributed by atoms with Crippen LogP contribution in [0.15, 0.2) is 46.1 Å². The van der Waals surface area contributed by atoms with E-state index < -0.39 is 28.7 Å². The van der Waals surface area contributed by atoms with Crippen LogP contribution in [0, 0.1) is 13.8 Å². The Hall–Kier alpha value is -2.69. The highest BCUT2D eigenvalue weighted by Gasteiger charge is 2.32. The molecule has 3 aromatic rings. The number of esters is 1. The number of halogens is 2. The number of ether oxygens (including phenoxy) is 2. The standard InChI is InChI=1S/C23H24ClFN2O5S2/c1-14-9-20(27(11-15(2)25)34(29,30)23-26-16(3)13-33-23)21(10-19(14)24)32-12-17-5-7-18(8-6-17)22(28)31-4/h5-10,13,15H,11-12H2,1-4H3/t15-/m0/s1. The van der Waals surface area contributed by atoms with Crippen LogP contribution in [0.5, 0.6) is 5.75 Å². The number of hydrogen-bond acceptors (Lipinski definition) is 7. The van der Waals surface area contributed by atoms with Gasteiger partial charge in [-0.05, 0) is 50.1 Å². The molecule has 2 aromatic carbocycles. The summed E-state index contributed by atoms with van der Waals surface area (Å²) < 4.78 is 52.4. The van der Waals surface area contributed by atoms with Gasteiger partial charge in [-0.15, -0.1) is 11.3 Å². The molecule has 0 aliphatic rings. The van der Waals surface area contributed by atoms with E-state index in [1.165, 1.54) is 20.1 Å². The van der Waals surface area contributed by atoms with Crippen molar-refractivity contribution in [3.8, 4) is 5.75 Å². The van der Waals surface area contributed by atoms with Crippen molar-refractivity contribution in [3.05, 3.63) is 69.2 Å². The molecule has 0 bridgehead atoms. The van der Waals surface area contributed by atoms with Crippen molar-refractivity contribution in [2.24, 2.45) is 0 Å². The van der Waals surface area contributed by atoms with Gasteiger partial charge in [-0.3, -0.25) is 4.31 Å². The Balaban J connectivity index is 1.99. The topological polar surface area (TPSA) is 85.8 Å². The summed E-state index contributed by atoms with van der Waals surface area (Å²) in [4.78, 5) is 15.7. The Kier molecular flexibility index (Phi) is 8.17. The number of alkyl halides is 1. The zero-order chi connectivity index (χ0) is 25.0. The number of rotatable bonds is 9. The minimum absolute atomic E-state index is 0.0588. The predicted molar refractivity (Wildman–Crippen MR) is 130 cm³/mol. The summed E-state index contributed by atoms with van der Waals surface area (Å²) in [7, 11) is -2.86. The number of benzene rings is 2. The van der Waals surface area contributed by atoms with Gasteiger partial charge in [0.25, 0.3) is 10.0 Å². The van der Waals surface area contributed by atoms with Crippen LogP contribution in [0.1, 0.15) is 34.1 Å². The normalized spacial score (nSPS) is 12.3. The lowest BCUT2D eigenvalue weighted by atomic mass is 10.1. The first-order chi connectivity index (χ1) is 16.0. The van der Waals surface area contributed by atoms with Crippen molar-refractivity contribution < 1.29 is 27.1 Å². The average molecular weight is 527 g/mol. The number of sulfonamides is 1. The number of aromatic nitrogens is 1. The maximum Gasteiger partial charge on any atom is 0.337 e. The highest BCUT2D eigenvalue weighted by molar-refractivity contribution is 7.94. The van der Waals surface area contributed by atoms with Crippen molar-refractivity contribution in [1.29, 1.82) is 0 Å². The Morgan fingerprint density at radius 1 is 1.24 bits per heavy atom. The smallest absolute Gasteiger partial charge is 0.337 e. The summed E-state index contributed by atoms with van der Waals surface area (Å²) in [6.45, 7) is 4.32. The molecule has 0 aliphatic carbocycles. The van der Waals surface area contributed by atoms with Crippen molar-refractivity contribution in [3.63, 3.8) is 0 Å². The first kappa shape index (κ1) is 25.9. The Labute approximate surface area is 207 Å². The van der Waals surface area contributed by atoms with Crippen LogP contribution < -0.4 is 9.04 Å². The van der Waals surface area contributed by atoms with Crippen molar-refractivity contribution in [2.75, 3.05) is 18.0 Å². The molecule has 0 spiro atoms. The third-order valence-corrected chi connectivity index (χ3v) is 8.34. The van der Waals surface area contributed by atoms with Gasteiger partial charge in [0.2, 0.25) is 4.34 Å². The van der Waals surface area contributed by atoms with Crippen molar-refractivity contribution in [1.82, 2.24) is 4.98 Å². The average Bonchev–Trinajstić information content (AvgIpc) is 3.25. The van der Waals surface area contributed by atoms with Gasteiger partial charge in [0.05, 0.1) is 24.9 Å². The largest absolute Gasteiger partial charge is 0.487 e. The van der Waals surface area contributed by atoms with E-state index in [0.29, 0.717) is 21.8 Å². The van der Waals surface area contributed by atoms with E-state index in [4.69, 9.17) is 21.1 Å². The first-order valence-corrected chi connectivity index (χ1v) is 12.9. The second kappa shape index (κ2) is 10.7. The maximum absolute atomic E-state index is 14.2. The van der Waals surface area contributed by atoms with Gasteiger partial charge in [-0.2, -0.15) is 8.42 Å². The van der Waals surface area contributed by atoms with Gasteiger partial charge in [0.1, 0.15) is 18.5 Å². The number of nitrogens with zero attached hydrogens (tertiary/aromatic N) is 2. The highest BCUT2D eigenvalue weighted by atomic mass is 35.5. The lowest BCUT2D eigenvalue weighted by Crippen LogP contribution is -2.36. The maximum atomic E-state index is 14.2. The fraction of sp³-hybridized carbons (Fsp3) is 0.304. The second-order valence-corrected chi connectivity index (χ2v) is 10.9. The molecule has 0 amide bonds. The van der Waals surface area contributed by atoms with E-state index in [2.05, 4.69) is 4.98 Å². The number of aryl methyl sites for hydroxylation is 2. The lowest BCUT2D eigenvalue weighted by Gasteiger charge is -2.26. The molecule has 182 valence electrons. The van der Waals surface area contributed by atoms with Crippen LogP contribution in [0.3, 0.4) is 0 Å². The van der Waals surface area contributed by atoms with E-state index in [-0.39, 0.29) is 22.4 Å². The van der Waals surface area contributed by atoms with Crippen molar-refractivity contribution >= 4 is 44.6 Å². The Morgan fingerprint density at radius 3 is 2.47 bits per heavy atom. The quantitative estimate of drug-likeness (QED) is 0.350. The third kappa shape index (κ3) is 5.86. The zero-order valence-electron chi connectivity index (χ0n) is 19.0. The number of anilines is 1. The number of hydrogen-bond donors (Lipinski definition) is 0. The van der Waals surface area contributed by atoms with Crippen LogP contribution in [-0.4, -0.2) is 39.2 Å². The molecule has 0 saturated heterocycles. The van der Waals surface area contributed by atoms with Gasteiger partial charge in [0, 0.05) is 22.2 Å². The summed E-state index contributed by atoms with van der Waals surface area (Å²) in [5.41, 5.74) is 2.42. The lowest BCUT2D eigenvalue weighted by molar-refractivity contribution is 0.0600. The Bertz CT molecular complexity index is 1280. The van der Waals surface area contributed by atoms with E-state index >= 15 is 0 Å². The van der Waals surface area contributed by atoms with Gasteiger partial charge in [0.15, 0.2) is 0 Å². The molecule has 0 aliphatic heterocycles. The minimum atomic E-state index is -4.16. The molecular weight excluding hydrogens is 503 g/mol. The SMILES string of the molecule is COC(=O)c1ccc(COc2cc(Cl)c(C)cc2N(C[C@H](C)F)S(=O)(=O)c2nc(C)cs2)cc1. The van der Waals surface area contributed by atoms with Gasteiger partial charge < -0.3 is 9.47 Å². The van der Waals surface area contributed by atoms with E-state index in [1.54, 1.807) is 49.6 Å². The molecule has 0 unspecified atom stereocenters. The summed E-state index contributed by atoms with van der Waals surface area (Å²) in [5, 5.41) is 1.99. The van der Waals surface area contributed by atoms with Gasteiger partial charge in [-0.1, -0.05) is 23.7 Å².